The zero-order valence-electron chi connectivity index (χ0n) is 31.1. The Labute approximate surface area is 298 Å². The monoisotopic (exact) mass is 686 g/mol. The molecule has 3 fully saturated rings. The minimum Gasteiger partial charge on any atom is -0.496 e. The SMILES string of the molecule is CN(C)C1CCN(C(=O)O)C1.COc1ccc(C2CCC(CN(C(=O)C3CCCCC3)c3cc(-c4cnn(C(C)C)c4)ccn3)CC2)cc1C. The van der Waals surface area contributed by atoms with Gasteiger partial charge in [-0.05, 0) is 127 Å². The second-order valence-corrected chi connectivity index (χ2v) is 15.1. The van der Waals surface area contributed by atoms with Crippen LogP contribution in [0.25, 0.3) is 11.1 Å². The zero-order valence-corrected chi connectivity index (χ0v) is 31.1. The average molecular weight is 687 g/mol. The highest BCUT2D eigenvalue weighted by atomic mass is 16.5. The minimum atomic E-state index is -0.797. The Hall–Kier alpha value is -3.92. The van der Waals surface area contributed by atoms with Gasteiger partial charge in [0.05, 0.1) is 13.3 Å². The van der Waals surface area contributed by atoms with E-state index in [1.807, 2.05) is 42.1 Å². The number of likely N-dealkylation sites (N-methyl/N-ethyl adjacent to an activating group) is 1. The first kappa shape index (κ1) is 37.3. The lowest BCUT2D eigenvalue weighted by Crippen LogP contribution is -2.41. The number of likely N-dealkylation sites (tertiary alicyclic amines) is 1. The number of anilines is 1. The number of benzene rings is 1. The fourth-order valence-corrected chi connectivity index (χ4v) is 7.81. The normalized spacial score (nSPS) is 21.2. The van der Waals surface area contributed by atoms with E-state index in [9.17, 15) is 9.59 Å². The summed E-state index contributed by atoms with van der Waals surface area (Å²) in [4.78, 5) is 34.7. The molecule has 3 aromatic rings. The minimum absolute atomic E-state index is 0.117. The summed E-state index contributed by atoms with van der Waals surface area (Å²) in [5.74, 6) is 3.19. The molecule has 50 heavy (non-hydrogen) atoms. The number of ether oxygens (including phenoxy) is 1. The van der Waals surface area contributed by atoms with Gasteiger partial charge in [-0.15, -0.1) is 0 Å². The molecule has 1 N–H and O–H groups in total. The second-order valence-electron chi connectivity index (χ2n) is 15.1. The van der Waals surface area contributed by atoms with Gasteiger partial charge in [0.1, 0.15) is 11.6 Å². The molecule has 6 rings (SSSR count). The number of carbonyl (C=O) groups excluding carboxylic acids is 1. The highest BCUT2D eigenvalue weighted by molar-refractivity contribution is 5.94. The number of aryl methyl sites for hydroxylation is 1. The number of amides is 2. The van der Waals surface area contributed by atoms with E-state index in [-0.39, 0.29) is 11.8 Å². The summed E-state index contributed by atoms with van der Waals surface area (Å²) in [7, 11) is 5.70. The molecule has 2 aliphatic carbocycles. The van der Waals surface area contributed by atoms with E-state index in [2.05, 4.69) is 61.2 Å². The number of carboxylic acid groups (broad SMARTS) is 1. The van der Waals surface area contributed by atoms with E-state index < -0.39 is 6.09 Å². The summed E-state index contributed by atoms with van der Waals surface area (Å²) in [5, 5.41) is 13.1. The van der Waals surface area contributed by atoms with Crippen molar-refractivity contribution in [1.29, 1.82) is 0 Å². The van der Waals surface area contributed by atoms with Gasteiger partial charge in [-0.3, -0.25) is 14.4 Å². The largest absolute Gasteiger partial charge is 0.496 e. The molecule has 1 saturated heterocycles. The highest BCUT2D eigenvalue weighted by Gasteiger charge is 2.32. The van der Waals surface area contributed by atoms with Crippen molar-refractivity contribution in [2.24, 2.45) is 11.8 Å². The Bertz CT molecular complexity index is 1560. The molecule has 10 heteroatoms. The van der Waals surface area contributed by atoms with Gasteiger partial charge in [-0.25, -0.2) is 9.78 Å². The van der Waals surface area contributed by atoms with Crippen LogP contribution in [0.15, 0.2) is 48.9 Å². The maximum Gasteiger partial charge on any atom is 0.407 e. The lowest BCUT2D eigenvalue weighted by Gasteiger charge is -2.35. The Morgan fingerprint density at radius 1 is 0.980 bits per heavy atom. The number of rotatable bonds is 9. The van der Waals surface area contributed by atoms with Crippen molar-refractivity contribution in [3.8, 4) is 16.9 Å². The molecule has 2 aromatic heterocycles. The highest BCUT2D eigenvalue weighted by Crippen LogP contribution is 2.39. The van der Waals surface area contributed by atoms with Crippen LogP contribution in [0, 0.1) is 18.8 Å². The molecule has 272 valence electrons. The first-order valence-corrected chi connectivity index (χ1v) is 18.6. The van der Waals surface area contributed by atoms with Crippen molar-refractivity contribution < 1.29 is 19.4 Å². The first-order chi connectivity index (χ1) is 24.0. The van der Waals surface area contributed by atoms with Crippen molar-refractivity contribution in [2.45, 2.75) is 103 Å². The molecular weight excluding hydrogens is 628 g/mol. The van der Waals surface area contributed by atoms with Gasteiger partial charge in [0.2, 0.25) is 5.91 Å². The van der Waals surface area contributed by atoms with E-state index in [0.717, 1.165) is 87.0 Å². The van der Waals surface area contributed by atoms with Crippen molar-refractivity contribution in [2.75, 3.05) is 45.7 Å². The van der Waals surface area contributed by atoms with Crippen LogP contribution >= 0.6 is 0 Å². The van der Waals surface area contributed by atoms with Crippen LogP contribution in [-0.2, 0) is 4.79 Å². The van der Waals surface area contributed by atoms with Crippen LogP contribution in [0.5, 0.6) is 5.75 Å². The summed E-state index contributed by atoms with van der Waals surface area (Å²) in [5.41, 5.74) is 4.74. The van der Waals surface area contributed by atoms with Crippen molar-refractivity contribution in [3.05, 3.63) is 60.0 Å². The predicted octanol–water partition coefficient (Wildman–Crippen LogP) is 8.03. The topological polar surface area (TPSA) is 104 Å². The number of pyridine rings is 1. The summed E-state index contributed by atoms with van der Waals surface area (Å²) in [6.07, 6.45) is 16.1. The predicted molar refractivity (Wildman–Crippen MR) is 199 cm³/mol. The van der Waals surface area contributed by atoms with Crippen LogP contribution < -0.4 is 9.64 Å². The molecule has 3 aliphatic rings. The molecule has 1 aromatic carbocycles. The van der Waals surface area contributed by atoms with Crippen molar-refractivity contribution in [1.82, 2.24) is 24.6 Å². The van der Waals surface area contributed by atoms with Crippen molar-refractivity contribution >= 4 is 17.8 Å². The second kappa shape index (κ2) is 17.3. The molecule has 1 unspecified atom stereocenters. The van der Waals surface area contributed by atoms with E-state index >= 15 is 0 Å². The third-order valence-electron chi connectivity index (χ3n) is 11.0. The van der Waals surface area contributed by atoms with Gasteiger partial charge in [-0.1, -0.05) is 31.4 Å². The Kier molecular flexibility index (Phi) is 12.9. The Balaban J connectivity index is 0.000000377. The summed E-state index contributed by atoms with van der Waals surface area (Å²) >= 11 is 0. The van der Waals surface area contributed by atoms with Gasteiger partial charge < -0.3 is 19.6 Å². The van der Waals surface area contributed by atoms with Crippen LogP contribution in [0.1, 0.15) is 101 Å². The smallest absolute Gasteiger partial charge is 0.407 e. The molecule has 2 saturated carbocycles. The number of hydrogen-bond acceptors (Lipinski definition) is 6. The molecule has 3 heterocycles. The van der Waals surface area contributed by atoms with Crippen LogP contribution in [0.3, 0.4) is 0 Å². The molecular formula is C40H58N6O4. The van der Waals surface area contributed by atoms with Crippen LogP contribution in [0.2, 0.25) is 0 Å². The third kappa shape index (κ3) is 9.44. The Morgan fingerprint density at radius 3 is 2.30 bits per heavy atom. The fraction of sp³-hybridized carbons (Fsp3) is 0.600. The van der Waals surface area contributed by atoms with E-state index in [1.54, 1.807) is 7.11 Å². The van der Waals surface area contributed by atoms with Crippen LogP contribution in [0.4, 0.5) is 10.6 Å². The number of nitrogens with zero attached hydrogens (tertiary/aromatic N) is 6. The number of carbonyl (C=O) groups is 2. The molecule has 2 amide bonds. The number of methoxy groups -OCH3 is 1. The molecule has 0 bridgehead atoms. The first-order valence-electron chi connectivity index (χ1n) is 18.6. The van der Waals surface area contributed by atoms with Crippen LogP contribution in [-0.4, -0.2) is 88.6 Å². The van der Waals surface area contributed by atoms with E-state index in [0.29, 0.717) is 37.0 Å². The average Bonchev–Trinajstić information content (AvgIpc) is 3.83. The summed E-state index contributed by atoms with van der Waals surface area (Å²) in [6, 6.07) is 11.5. The van der Waals surface area contributed by atoms with E-state index in [1.165, 1.54) is 22.4 Å². The van der Waals surface area contributed by atoms with E-state index in [4.69, 9.17) is 14.8 Å². The summed E-state index contributed by atoms with van der Waals surface area (Å²) < 4.78 is 7.44. The molecule has 0 spiro atoms. The quantitative estimate of drug-likeness (QED) is 0.243. The maximum absolute atomic E-state index is 14.0. The lowest BCUT2D eigenvalue weighted by atomic mass is 9.78. The lowest BCUT2D eigenvalue weighted by molar-refractivity contribution is -0.123. The van der Waals surface area contributed by atoms with Crippen molar-refractivity contribution in [3.63, 3.8) is 0 Å². The number of hydrogen-bond donors (Lipinski definition) is 1. The molecule has 1 atom stereocenters. The zero-order chi connectivity index (χ0) is 35.8. The molecule has 10 nitrogen and oxygen atoms in total. The molecule has 1 aliphatic heterocycles. The molecule has 0 radical (unpaired) electrons. The summed E-state index contributed by atoms with van der Waals surface area (Å²) in [6.45, 7) is 8.47. The fourth-order valence-electron chi connectivity index (χ4n) is 7.81. The van der Waals surface area contributed by atoms with Gasteiger partial charge in [-0.2, -0.15) is 5.10 Å². The standard InChI is InChI=1S/C33H44N4O2.C7H14N2O2/c1-23(2)37-22-30(20-35-37)29-16-17-34-32(19-29)36(33(38)27-8-6-5-7-9-27)21-25-10-12-26(13-11-25)28-14-15-31(39-4)24(3)18-28;1-8(2)6-3-4-9(5-6)7(10)11/h14-20,22-23,25-27H,5-13,21H2,1-4H3;6H,3-5H2,1-2H3,(H,10,11). The number of aromatic nitrogens is 3. The van der Waals surface area contributed by atoms with Gasteiger partial charge in [0, 0.05) is 55.6 Å². The van der Waals surface area contributed by atoms with Gasteiger partial charge in [0.15, 0.2) is 0 Å². The third-order valence-corrected chi connectivity index (χ3v) is 11.0. The maximum atomic E-state index is 14.0. The van der Waals surface area contributed by atoms with Gasteiger partial charge >= 0.3 is 6.09 Å². The Morgan fingerprint density at radius 2 is 1.72 bits per heavy atom. The van der Waals surface area contributed by atoms with Gasteiger partial charge in [0.25, 0.3) is 0 Å².